The largest absolute Gasteiger partial charge is 0.490 e. The molecule has 2 aromatic carbocycles. The van der Waals surface area contributed by atoms with E-state index in [2.05, 4.69) is 43.4 Å². The number of pyridine rings is 1. The summed E-state index contributed by atoms with van der Waals surface area (Å²) in [5.74, 6) is -1.75. The number of carbonyl (C=O) groups is 6. The molecule has 0 saturated carbocycles. The number of oxazole rings is 1. The molecule has 4 amide bonds. The summed E-state index contributed by atoms with van der Waals surface area (Å²) < 4.78 is 33.5. The van der Waals surface area contributed by atoms with Crippen molar-refractivity contribution in [2.24, 2.45) is 11.8 Å². The van der Waals surface area contributed by atoms with E-state index in [0.717, 1.165) is 5.56 Å². The number of alkyl carbamates (subject to hydrolysis) is 2. The van der Waals surface area contributed by atoms with Crippen LogP contribution in [0, 0.1) is 34.5 Å². The summed E-state index contributed by atoms with van der Waals surface area (Å²) in [6.07, 6.45) is -1.23. The third-order valence-corrected chi connectivity index (χ3v) is 11.7. The molecule has 0 radical (unpaired) electrons. The highest BCUT2D eigenvalue weighted by Gasteiger charge is 2.28. The maximum Gasteiger partial charge on any atom is 0.408 e. The Morgan fingerprint density at radius 3 is 1.75 bits per heavy atom. The molecule has 0 fully saturated rings. The van der Waals surface area contributed by atoms with Crippen LogP contribution in [-0.4, -0.2) is 102 Å². The Morgan fingerprint density at radius 1 is 0.727 bits per heavy atom. The van der Waals surface area contributed by atoms with Gasteiger partial charge in [-0.1, -0.05) is 63.2 Å². The first kappa shape index (κ1) is 62.0. The lowest BCUT2D eigenvalue weighted by molar-refractivity contribution is -0.160. The molecular weight excluding hydrogens is 1030 g/mol. The number of hydrogen-bond acceptors (Lipinski definition) is 18. The number of nitrogens with one attached hydrogen (secondary N) is 4. The molecule has 6 N–H and O–H groups in total. The van der Waals surface area contributed by atoms with Crippen LogP contribution in [0.15, 0.2) is 64.2 Å². The first-order valence-electron chi connectivity index (χ1n) is 24.8. The molecule has 3 atom stereocenters. The Hall–Kier alpha value is -7.56. The van der Waals surface area contributed by atoms with Crippen LogP contribution in [0.1, 0.15) is 112 Å². The van der Waals surface area contributed by atoms with Crippen molar-refractivity contribution in [2.45, 2.75) is 135 Å². The summed E-state index contributed by atoms with van der Waals surface area (Å²) in [5.41, 5.74) is 6.75. The Labute approximate surface area is 458 Å². The van der Waals surface area contributed by atoms with Crippen molar-refractivity contribution >= 4 is 65.1 Å². The number of ether oxygens (including phenoxy) is 5. The smallest absolute Gasteiger partial charge is 0.408 e. The molecule has 0 bridgehead atoms. The average molecular weight is 1100 g/mol. The average Bonchev–Trinajstić information content (AvgIpc) is 3.82. The number of nitrogen functional groups attached to an aromatic ring is 1. The molecule has 77 heavy (non-hydrogen) atoms. The van der Waals surface area contributed by atoms with E-state index in [1.807, 2.05) is 27.7 Å². The summed E-state index contributed by atoms with van der Waals surface area (Å²) in [5, 5.41) is 31.8. The standard InChI is InChI=1S/C54H68ClN9O12S/c1-31(2)23-41(62-51(69)75-53(5,6)7)47(67)59-21-19-43(65)72-29-38(74-44(66)20-22-60-48(68)42(24-32(3)4)63-52(70)76-54(8,9)10)28-71-37-17-13-33(14-18-37)45-39(25-56)46(58)64-50(40(45)26-57)77-30-36-27-73-49(61-36)34-11-15-35(55)16-12-34/h11-18,27,31-32,38,41-42H,19-24,28-30H2,1-10H3,(H2,58,64)(H,59,67)(H,60,68)(H,62,69)(H,63,70). The number of thioether (sulfide) groups is 1. The van der Waals surface area contributed by atoms with Crippen molar-refractivity contribution < 1.29 is 56.9 Å². The van der Waals surface area contributed by atoms with E-state index in [9.17, 15) is 39.3 Å². The SMILES string of the molecule is CC(C)CC(NC(=O)OC(C)(C)C)C(=O)NCCC(=O)OCC(COc1ccc(-c2c(C#N)c(N)nc(SCc3coc(-c4ccc(Cl)cc4)n3)c2C#N)cc1)OC(=O)CCNC(=O)C(CC(C)C)NC(=O)OC(C)(C)C. The van der Waals surface area contributed by atoms with E-state index in [4.69, 9.17) is 45.4 Å². The number of esters is 2. The fourth-order valence-electron chi connectivity index (χ4n) is 7.09. The summed E-state index contributed by atoms with van der Waals surface area (Å²) in [7, 11) is 0. The molecule has 21 nitrogen and oxygen atoms in total. The number of nitriles is 2. The van der Waals surface area contributed by atoms with Crippen LogP contribution in [-0.2, 0) is 43.9 Å². The fourth-order valence-corrected chi connectivity index (χ4v) is 8.08. The zero-order valence-corrected chi connectivity index (χ0v) is 46.6. The third-order valence-electron chi connectivity index (χ3n) is 10.4. The highest BCUT2D eigenvalue weighted by molar-refractivity contribution is 7.98. The number of aromatic nitrogens is 2. The minimum atomic E-state index is -1.19. The highest BCUT2D eigenvalue weighted by Crippen LogP contribution is 2.37. The van der Waals surface area contributed by atoms with Gasteiger partial charge in [-0.3, -0.25) is 19.2 Å². The van der Waals surface area contributed by atoms with Gasteiger partial charge in [0.15, 0.2) is 6.10 Å². The quantitative estimate of drug-likeness (QED) is 0.0236. The molecule has 0 aliphatic heterocycles. The van der Waals surface area contributed by atoms with Crippen molar-refractivity contribution in [3.8, 4) is 40.5 Å². The predicted molar refractivity (Wildman–Crippen MR) is 287 cm³/mol. The number of benzene rings is 2. The number of halogens is 1. The number of nitrogens with two attached hydrogens (primary N) is 1. The molecule has 4 rings (SSSR count). The van der Waals surface area contributed by atoms with Crippen LogP contribution in [0.2, 0.25) is 5.02 Å². The molecule has 0 saturated heterocycles. The van der Waals surface area contributed by atoms with Crippen molar-refractivity contribution in [3.05, 3.63) is 76.6 Å². The van der Waals surface area contributed by atoms with Crippen molar-refractivity contribution in [1.82, 2.24) is 31.2 Å². The Balaban J connectivity index is 1.46. The van der Waals surface area contributed by atoms with Gasteiger partial charge in [0.1, 0.15) is 77.1 Å². The molecular formula is C54H68ClN9O12S. The zero-order chi connectivity index (χ0) is 57.0. The van der Waals surface area contributed by atoms with Crippen LogP contribution >= 0.6 is 23.4 Å². The first-order chi connectivity index (χ1) is 36.2. The number of amides is 4. The maximum absolute atomic E-state index is 13.3. The molecule has 4 aromatic rings. The van der Waals surface area contributed by atoms with Gasteiger partial charge in [-0.2, -0.15) is 10.5 Å². The minimum Gasteiger partial charge on any atom is -0.490 e. The number of hydrogen-bond donors (Lipinski definition) is 5. The van der Waals surface area contributed by atoms with Gasteiger partial charge in [-0.05, 0) is 108 Å². The maximum atomic E-state index is 13.3. The fraction of sp³-hybridized carbons (Fsp3) is 0.481. The van der Waals surface area contributed by atoms with Gasteiger partial charge in [-0.15, -0.1) is 0 Å². The van der Waals surface area contributed by atoms with E-state index in [1.165, 1.54) is 18.0 Å². The summed E-state index contributed by atoms with van der Waals surface area (Å²) in [6, 6.07) is 15.7. The van der Waals surface area contributed by atoms with E-state index in [-0.39, 0.29) is 83.4 Å². The van der Waals surface area contributed by atoms with Crippen molar-refractivity contribution in [3.63, 3.8) is 0 Å². The summed E-state index contributed by atoms with van der Waals surface area (Å²) in [6.45, 7) is 16.6. The van der Waals surface area contributed by atoms with Crippen LogP contribution < -0.4 is 31.7 Å². The van der Waals surface area contributed by atoms with Crippen LogP contribution in [0.4, 0.5) is 15.4 Å². The molecule has 2 aromatic heterocycles. The predicted octanol–water partition coefficient (Wildman–Crippen LogP) is 8.40. The lowest BCUT2D eigenvalue weighted by atomic mass is 9.97. The molecule has 23 heteroatoms. The number of anilines is 1. The summed E-state index contributed by atoms with van der Waals surface area (Å²) in [4.78, 5) is 86.4. The van der Waals surface area contributed by atoms with Crippen LogP contribution in [0.3, 0.4) is 0 Å². The van der Waals surface area contributed by atoms with Gasteiger partial charge in [0.2, 0.25) is 17.7 Å². The van der Waals surface area contributed by atoms with Crippen LogP contribution in [0.5, 0.6) is 5.75 Å². The number of carbonyl (C=O) groups excluding carboxylic acids is 6. The molecule has 3 unspecified atom stereocenters. The van der Waals surface area contributed by atoms with Gasteiger partial charge >= 0.3 is 24.1 Å². The second kappa shape index (κ2) is 29.1. The number of rotatable bonds is 25. The lowest BCUT2D eigenvalue weighted by Crippen LogP contribution is -2.49. The number of nitrogens with zero attached hydrogens (tertiary/aromatic N) is 4. The Bertz CT molecular complexity index is 2760. The van der Waals surface area contributed by atoms with E-state index in [0.29, 0.717) is 35.0 Å². The van der Waals surface area contributed by atoms with Crippen LogP contribution in [0.25, 0.3) is 22.6 Å². The normalized spacial score (nSPS) is 12.5. The van der Waals surface area contributed by atoms with Gasteiger partial charge < -0.3 is 55.1 Å². The molecule has 414 valence electrons. The monoisotopic (exact) mass is 1100 g/mol. The Kier molecular flexibility index (Phi) is 23.4. The van der Waals surface area contributed by atoms with E-state index >= 15 is 0 Å². The topological polar surface area (TPSA) is 309 Å². The third kappa shape index (κ3) is 21.5. The van der Waals surface area contributed by atoms with Gasteiger partial charge in [0.05, 0.1) is 24.1 Å². The molecule has 0 aliphatic rings. The van der Waals surface area contributed by atoms with Crippen molar-refractivity contribution in [2.75, 3.05) is 32.0 Å². The molecule has 2 heterocycles. The minimum absolute atomic E-state index is 0.0156. The zero-order valence-electron chi connectivity index (χ0n) is 45.0. The summed E-state index contributed by atoms with van der Waals surface area (Å²) >= 11 is 7.21. The first-order valence-corrected chi connectivity index (χ1v) is 26.2. The van der Waals surface area contributed by atoms with Gasteiger partial charge in [-0.25, -0.2) is 19.6 Å². The van der Waals surface area contributed by atoms with Gasteiger partial charge in [0.25, 0.3) is 0 Å². The van der Waals surface area contributed by atoms with Gasteiger partial charge in [0, 0.05) is 35.0 Å². The highest BCUT2D eigenvalue weighted by atomic mass is 35.5. The lowest BCUT2D eigenvalue weighted by Gasteiger charge is -2.24. The van der Waals surface area contributed by atoms with E-state index in [1.54, 1.807) is 90.1 Å². The molecule has 0 spiro atoms. The van der Waals surface area contributed by atoms with Crippen molar-refractivity contribution in [1.29, 1.82) is 10.5 Å². The van der Waals surface area contributed by atoms with E-state index < -0.39 is 71.9 Å². The molecule has 0 aliphatic carbocycles. The Morgan fingerprint density at radius 2 is 1.25 bits per heavy atom. The second-order valence-corrected chi connectivity index (χ2v) is 21.9. The second-order valence-electron chi connectivity index (χ2n) is 20.5.